The van der Waals surface area contributed by atoms with Gasteiger partial charge < -0.3 is 9.80 Å². The van der Waals surface area contributed by atoms with E-state index in [4.69, 9.17) is 4.98 Å². The number of rotatable bonds is 3. The summed E-state index contributed by atoms with van der Waals surface area (Å²) in [5.41, 5.74) is 8.16. The molecule has 38 heavy (non-hydrogen) atoms. The first kappa shape index (κ1) is 24.5. The number of nitrogens with zero attached hydrogens (tertiary/aromatic N) is 3. The Kier molecular flexibility index (Phi) is 5.36. The third kappa shape index (κ3) is 3.31. The molecule has 6 rings (SSSR count). The Morgan fingerprint density at radius 1 is 0.789 bits per heavy atom. The van der Waals surface area contributed by atoms with Gasteiger partial charge in [-0.25, -0.2) is 4.98 Å². The molecule has 192 valence electrons. The van der Waals surface area contributed by atoms with Crippen molar-refractivity contribution in [3.63, 3.8) is 0 Å². The second-order valence-corrected chi connectivity index (χ2v) is 12.5. The summed E-state index contributed by atoms with van der Waals surface area (Å²) in [6.07, 6.45) is 4.09. The van der Waals surface area contributed by atoms with E-state index >= 15 is 0 Å². The number of benzene rings is 3. The van der Waals surface area contributed by atoms with Crippen LogP contribution in [0.15, 0.2) is 104 Å². The van der Waals surface area contributed by atoms with Crippen molar-refractivity contribution in [3.05, 3.63) is 115 Å². The van der Waals surface area contributed by atoms with Gasteiger partial charge in [-0.15, -0.1) is 6.58 Å². The molecular weight excluding hydrogens is 462 g/mol. The van der Waals surface area contributed by atoms with Crippen LogP contribution in [0.5, 0.6) is 0 Å². The first-order valence-corrected chi connectivity index (χ1v) is 13.6. The summed E-state index contributed by atoms with van der Waals surface area (Å²) in [6, 6.07) is 30.8. The number of hydrogen-bond donors (Lipinski definition) is 0. The Labute approximate surface area is 227 Å². The molecule has 3 aromatic carbocycles. The van der Waals surface area contributed by atoms with Crippen molar-refractivity contribution in [1.29, 1.82) is 0 Å². The third-order valence-corrected chi connectivity index (χ3v) is 9.07. The zero-order chi connectivity index (χ0) is 26.9. The van der Waals surface area contributed by atoms with Gasteiger partial charge in [0.15, 0.2) is 5.82 Å². The minimum Gasteiger partial charge on any atom is -0.316 e. The molecule has 4 aromatic rings. The van der Waals surface area contributed by atoms with Crippen molar-refractivity contribution in [2.75, 3.05) is 9.80 Å². The summed E-state index contributed by atoms with van der Waals surface area (Å²) in [5.74, 6) is 1.01. The number of aromatic nitrogens is 1. The van der Waals surface area contributed by atoms with Gasteiger partial charge in [0.2, 0.25) is 0 Å². The van der Waals surface area contributed by atoms with Crippen LogP contribution in [0.2, 0.25) is 0 Å². The second-order valence-electron chi connectivity index (χ2n) is 12.5. The lowest BCUT2D eigenvalue weighted by molar-refractivity contribution is 0.171. The highest BCUT2D eigenvalue weighted by atomic mass is 15.5. The summed E-state index contributed by atoms with van der Waals surface area (Å²) in [5, 5.41) is 0. The molecule has 0 bridgehead atoms. The van der Waals surface area contributed by atoms with Crippen molar-refractivity contribution < 1.29 is 0 Å². The summed E-state index contributed by atoms with van der Waals surface area (Å²) >= 11 is 0. The Bertz CT molecular complexity index is 1530. The maximum atomic E-state index is 5.01. The molecule has 2 atom stereocenters. The highest BCUT2D eigenvalue weighted by Crippen LogP contribution is 2.63. The minimum absolute atomic E-state index is 0.00276. The molecule has 2 aliphatic rings. The monoisotopic (exact) mass is 499 g/mol. The molecule has 0 saturated heterocycles. The van der Waals surface area contributed by atoms with Crippen LogP contribution in [0, 0.1) is 5.41 Å². The standard InChI is InChI=1S/C35H37N3/c1-8-35(7)27-21-20-25(33(2,3)4)23-30(27)38-31-29(19-14-22-36-31)37(32(38)34(35,5)6)28-18-13-12-17-26(28)24-15-10-9-11-16-24/h8-23,32H,1H2,2-7H3. The van der Waals surface area contributed by atoms with E-state index in [1.165, 1.54) is 33.6 Å². The molecule has 0 saturated carbocycles. The van der Waals surface area contributed by atoms with E-state index in [2.05, 4.69) is 149 Å². The number of fused-ring (bicyclic) bond motifs is 5. The van der Waals surface area contributed by atoms with E-state index in [1.807, 2.05) is 6.20 Å². The number of hydrogen-bond acceptors (Lipinski definition) is 3. The smallest absolute Gasteiger partial charge is 0.158 e. The molecule has 2 unspecified atom stereocenters. The molecule has 3 heteroatoms. The van der Waals surface area contributed by atoms with Crippen LogP contribution >= 0.6 is 0 Å². The predicted molar refractivity (Wildman–Crippen MR) is 161 cm³/mol. The number of allylic oxidation sites excluding steroid dienone is 1. The summed E-state index contributed by atoms with van der Waals surface area (Å²) < 4.78 is 0. The first-order chi connectivity index (χ1) is 18.1. The van der Waals surface area contributed by atoms with Gasteiger partial charge in [-0.3, -0.25) is 0 Å². The maximum Gasteiger partial charge on any atom is 0.158 e. The fourth-order valence-electron chi connectivity index (χ4n) is 6.45. The minimum atomic E-state index is -0.262. The molecule has 0 radical (unpaired) electrons. The van der Waals surface area contributed by atoms with Crippen LogP contribution in [0.25, 0.3) is 11.1 Å². The van der Waals surface area contributed by atoms with E-state index in [0.29, 0.717) is 0 Å². The lowest BCUT2D eigenvalue weighted by Crippen LogP contribution is -2.60. The van der Waals surface area contributed by atoms with E-state index in [1.54, 1.807) is 0 Å². The molecule has 0 N–H and O–H groups in total. The van der Waals surface area contributed by atoms with Gasteiger partial charge >= 0.3 is 0 Å². The lowest BCUT2D eigenvalue weighted by atomic mass is 9.58. The maximum absolute atomic E-state index is 5.01. The molecule has 0 aliphatic carbocycles. The van der Waals surface area contributed by atoms with Gasteiger partial charge in [0.25, 0.3) is 0 Å². The zero-order valence-electron chi connectivity index (χ0n) is 23.4. The molecule has 3 nitrogen and oxygen atoms in total. The van der Waals surface area contributed by atoms with E-state index in [-0.39, 0.29) is 22.4 Å². The van der Waals surface area contributed by atoms with Crippen molar-refractivity contribution in [1.82, 2.24) is 4.98 Å². The van der Waals surface area contributed by atoms with Gasteiger partial charge in [0, 0.05) is 28.3 Å². The van der Waals surface area contributed by atoms with Crippen molar-refractivity contribution in [2.24, 2.45) is 5.41 Å². The van der Waals surface area contributed by atoms with Crippen LogP contribution < -0.4 is 9.80 Å². The molecule has 1 aromatic heterocycles. The molecule has 0 spiro atoms. The van der Waals surface area contributed by atoms with Gasteiger partial charge in [-0.1, -0.05) is 108 Å². The zero-order valence-corrected chi connectivity index (χ0v) is 23.4. The Hall–Kier alpha value is -3.85. The van der Waals surface area contributed by atoms with Gasteiger partial charge in [-0.2, -0.15) is 0 Å². The summed E-state index contributed by atoms with van der Waals surface area (Å²) in [7, 11) is 0. The van der Waals surface area contributed by atoms with Crippen LogP contribution in [0.3, 0.4) is 0 Å². The first-order valence-electron chi connectivity index (χ1n) is 13.6. The van der Waals surface area contributed by atoms with Gasteiger partial charge in [-0.05, 0) is 46.4 Å². The number of pyridine rings is 1. The fourth-order valence-corrected chi connectivity index (χ4v) is 6.45. The van der Waals surface area contributed by atoms with E-state index in [0.717, 1.165) is 11.5 Å². The molecule has 2 aliphatic heterocycles. The Balaban J connectivity index is 1.67. The van der Waals surface area contributed by atoms with Crippen LogP contribution in [-0.4, -0.2) is 11.1 Å². The highest BCUT2D eigenvalue weighted by molar-refractivity contribution is 5.93. The van der Waals surface area contributed by atoms with Gasteiger partial charge in [0.05, 0.1) is 11.4 Å². The van der Waals surface area contributed by atoms with E-state index in [9.17, 15) is 0 Å². The number of para-hydroxylation sites is 1. The van der Waals surface area contributed by atoms with Crippen LogP contribution in [0.4, 0.5) is 22.9 Å². The van der Waals surface area contributed by atoms with E-state index < -0.39 is 0 Å². The third-order valence-electron chi connectivity index (χ3n) is 9.07. The fraction of sp³-hybridized carbons (Fsp3) is 0.286. The normalized spacial score (nSPS) is 21.5. The topological polar surface area (TPSA) is 19.4 Å². The Morgan fingerprint density at radius 2 is 1.47 bits per heavy atom. The Morgan fingerprint density at radius 3 is 2.18 bits per heavy atom. The number of anilines is 4. The molecule has 0 amide bonds. The van der Waals surface area contributed by atoms with Gasteiger partial charge in [0.1, 0.15) is 6.17 Å². The van der Waals surface area contributed by atoms with Crippen molar-refractivity contribution >= 4 is 22.9 Å². The summed E-state index contributed by atoms with van der Waals surface area (Å²) in [6.45, 7) is 18.4. The summed E-state index contributed by atoms with van der Waals surface area (Å²) in [4.78, 5) is 10.0. The average Bonchev–Trinajstić information content (AvgIpc) is 3.28. The van der Waals surface area contributed by atoms with Crippen LogP contribution in [-0.2, 0) is 10.8 Å². The molecule has 3 heterocycles. The quantitative estimate of drug-likeness (QED) is 0.262. The second kappa shape index (κ2) is 8.33. The van der Waals surface area contributed by atoms with Crippen LogP contribution in [0.1, 0.15) is 52.7 Å². The lowest BCUT2D eigenvalue weighted by Gasteiger charge is -2.56. The molecule has 0 fully saturated rings. The van der Waals surface area contributed by atoms with Crippen molar-refractivity contribution in [3.8, 4) is 11.1 Å². The SMILES string of the molecule is C=CC1(C)c2ccc(C(C)(C)C)cc2N2c3ncccc3N(c3ccccc3-c3ccccc3)C2C1(C)C. The average molecular weight is 500 g/mol. The largest absolute Gasteiger partial charge is 0.316 e. The predicted octanol–water partition coefficient (Wildman–Crippen LogP) is 9.15. The highest BCUT2D eigenvalue weighted by Gasteiger charge is 2.59. The molecular formula is C35H37N3. The van der Waals surface area contributed by atoms with Crippen molar-refractivity contribution in [2.45, 2.75) is 58.5 Å².